The topological polar surface area (TPSA) is 82.1 Å². The Balaban J connectivity index is 2.02. The second kappa shape index (κ2) is 9.00. The molecule has 2 aromatic carbocycles. The van der Waals surface area contributed by atoms with E-state index in [0.717, 1.165) is 6.07 Å². The van der Waals surface area contributed by atoms with E-state index in [1.54, 1.807) is 12.1 Å². The number of carbonyl (C=O) groups excluding carboxylic acids is 1. The van der Waals surface area contributed by atoms with Crippen LogP contribution in [-0.4, -0.2) is 46.2 Å². The Hall–Kier alpha value is -2.13. The summed E-state index contributed by atoms with van der Waals surface area (Å²) in [7, 11) is -1.57. The summed E-state index contributed by atoms with van der Waals surface area (Å²) in [6.45, 7) is 0.178. The maximum absolute atomic E-state index is 12.3. The Morgan fingerprint density at radius 1 is 1.12 bits per heavy atom. The van der Waals surface area contributed by atoms with E-state index in [1.165, 1.54) is 26.3 Å². The smallest absolute Gasteiger partial charge is 0.338 e. The fourth-order valence-corrected chi connectivity index (χ4v) is 3.43. The third-order valence-electron chi connectivity index (χ3n) is 3.37. The van der Waals surface area contributed by atoms with E-state index >= 15 is 0 Å². The Morgan fingerprint density at radius 3 is 2.46 bits per heavy atom. The zero-order chi connectivity index (χ0) is 19.2. The lowest BCUT2D eigenvalue weighted by molar-refractivity contribution is -0.0258. The maximum Gasteiger partial charge on any atom is 0.338 e. The molecule has 0 N–H and O–H groups in total. The molecule has 0 atom stereocenters. The molecule has 0 unspecified atom stereocenters. The predicted molar refractivity (Wildman–Crippen MR) is 95.6 cm³/mol. The summed E-state index contributed by atoms with van der Waals surface area (Å²) >= 11 is 5.95. The standard InChI is InChI=1S/C17H18ClNO6S/c1-19(23-2)26(21,22)16-12-13(8-9-15(16)18)17(20)25-11-10-24-14-6-4-3-5-7-14/h3-9,12H,10-11H2,1-2H3. The van der Waals surface area contributed by atoms with Crippen molar-refractivity contribution in [3.05, 3.63) is 59.1 Å². The van der Waals surface area contributed by atoms with Crippen molar-refractivity contribution in [2.45, 2.75) is 4.90 Å². The highest BCUT2D eigenvalue weighted by Gasteiger charge is 2.25. The second-order valence-electron chi connectivity index (χ2n) is 5.04. The van der Waals surface area contributed by atoms with Crippen LogP contribution in [0.3, 0.4) is 0 Å². The van der Waals surface area contributed by atoms with E-state index in [-0.39, 0.29) is 28.7 Å². The van der Waals surface area contributed by atoms with Crippen molar-refractivity contribution in [2.24, 2.45) is 0 Å². The number of halogens is 1. The highest BCUT2D eigenvalue weighted by Crippen LogP contribution is 2.25. The van der Waals surface area contributed by atoms with Crippen molar-refractivity contribution >= 4 is 27.6 Å². The van der Waals surface area contributed by atoms with Crippen molar-refractivity contribution in [1.82, 2.24) is 4.47 Å². The van der Waals surface area contributed by atoms with Gasteiger partial charge in [-0.25, -0.2) is 13.2 Å². The Morgan fingerprint density at radius 2 is 1.81 bits per heavy atom. The van der Waals surface area contributed by atoms with E-state index in [2.05, 4.69) is 0 Å². The van der Waals surface area contributed by atoms with Crippen LogP contribution in [0.25, 0.3) is 0 Å². The lowest BCUT2D eigenvalue weighted by atomic mass is 10.2. The first-order valence-corrected chi connectivity index (χ1v) is 9.35. The molecule has 0 fully saturated rings. The van der Waals surface area contributed by atoms with Gasteiger partial charge in [-0.2, -0.15) is 0 Å². The molecule has 7 nitrogen and oxygen atoms in total. The van der Waals surface area contributed by atoms with Crippen LogP contribution in [0.4, 0.5) is 0 Å². The first kappa shape index (κ1) is 20.2. The number of ether oxygens (including phenoxy) is 2. The van der Waals surface area contributed by atoms with Crippen LogP contribution in [0.15, 0.2) is 53.4 Å². The van der Waals surface area contributed by atoms with Gasteiger partial charge >= 0.3 is 5.97 Å². The quantitative estimate of drug-likeness (QED) is 0.385. The molecule has 0 aliphatic carbocycles. The van der Waals surface area contributed by atoms with E-state index in [1.807, 2.05) is 18.2 Å². The number of rotatable bonds is 8. The Labute approximate surface area is 157 Å². The number of sulfonamides is 1. The number of para-hydroxylation sites is 1. The molecule has 140 valence electrons. The van der Waals surface area contributed by atoms with Crippen LogP contribution in [0.1, 0.15) is 10.4 Å². The van der Waals surface area contributed by atoms with Gasteiger partial charge in [0.25, 0.3) is 10.0 Å². The SMILES string of the molecule is CON(C)S(=O)(=O)c1cc(C(=O)OCCOc2ccccc2)ccc1Cl. The number of esters is 1. The van der Waals surface area contributed by atoms with Gasteiger partial charge in [-0.3, -0.25) is 4.84 Å². The van der Waals surface area contributed by atoms with Gasteiger partial charge in [-0.15, -0.1) is 0 Å². The minimum atomic E-state index is -3.99. The first-order chi connectivity index (χ1) is 12.4. The number of carbonyl (C=O) groups is 1. The number of hydroxylamine groups is 1. The molecule has 0 aromatic heterocycles. The zero-order valence-corrected chi connectivity index (χ0v) is 15.8. The zero-order valence-electron chi connectivity index (χ0n) is 14.2. The highest BCUT2D eigenvalue weighted by molar-refractivity contribution is 7.89. The molecule has 0 radical (unpaired) electrons. The van der Waals surface area contributed by atoms with Crippen LogP contribution in [-0.2, 0) is 19.6 Å². The third kappa shape index (κ3) is 4.95. The fourth-order valence-electron chi connectivity index (χ4n) is 1.96. The van der Waals surface area contributed by atoms with Crippen molar-refractivity contribution in [3.8, 4) is 5.75 Å². The molecule has 0 saturated heterocycles. The van der Waals surface area contributed by atoms with Gasteiger partial charge in [-0.05, 0) is 30.3 Å². The summed E-state index contributed by atoms with van der Waals surface area (Å²) in [4.78, 5) is 16.6. The summed E-state index contributed by atoms with van der Waals surface area (Å²) in [6, 6.07) is 12.9. The van der Waals surface area contributed by atoms with E-state index in [4.69, 9.17) is 25.9 Å². The van der Waals surface area contributed by atoms with Crippen molar-refractivity contribution in [1.29, 1.82) is 0 Å². The molecule has 9 heteroatoms. The Bertz CT molecular complexity index is 857. The molecule has 26 heavy (non-hydrogen) atoms. The lowest BCUT2D eigenvalue weighted by Gasteiger charge is -2.15. The van der Waals surface area contributed by atoms with E-state index in [9.17, 15) is 13.2 Å². The minimum Gasteiger partial charge on any atom is -0.490 e. The molecule has 0 aliphatic heterocycles. The molecular weight excluding hydrogens is 382 g/mol. The second-order valence-corrected chi connectivity index (χ2v) is 7.35. The molecule has 0 aliphatic rings. The average Bonchev–Trinajstić information content (AvgIpc) is 2.65. The number of benzene rings is 2. The van der Waals surface area contributed by atoms with Gasteiger partial charge in [0, 0.05) is 7.05 Å². The first-order valence-electron chi connectivity index (χ1n) is 7.54. The van der Waals surface area contributed by atoms with Gasteiger partial charge in [0.05, 0.1) is 17.7 Å². The summed E-state index contributed by atoms with van der Waals surface area (Å²) in [6.07, 6.45) is 0. The van der Waals surface area contributed by atoms with E-state index < -0.39 is 16.0 Å². The maximum atomic E-state index is 12.3. The van der Waals surface area contributed by atoms with E-state index in [0.29, 0.717) is 10.2 Å². The average molecular weight is 400 g/mol. The van der Waals surface area contributed by atoms with Crippen LogP contribution in [0.2, 0.25) is 5.02 Å². The fraction of sp³-hybridized carbons (Fsp3) is 0.235. The van der Waals surface area contributed by atoms with Crippen molar-refractivity contribution in [2.75, 3.05) is 27.4 Å². The van der Waals surface area contributed by atoms with Crippen LogP contribution in [0, 0.1) is 0 Å². The van der Waals surface area contributed by atoms with Crippen LogP contribution < -0.4 is 4.74 Å². The Kier molecular flexibility index (Phi) is 6.98. The summed E-state index contributed by atoms with van der Waals surface area (Å²) in [5, 5.41) is -0.0298. The number of nitrogens with zero attached hydrogens (tertiary/aromatic N) is 1. The molecule has 0 bridgehead atoms. The van der Waals surface area contributed by atoms with Crippen molar-refractivity contribution in [3.63, 3.8) is 0 Å². The molecule has 0 heterocycles. The molecule has 0 saturated carbocycles. The largest absolute Gasteiger partial charge is 0.490 e. The van der Waals surface area contributed by atoms with Crippen LogP contribution >= 0.6 is 11.6 Å². The third-order valence-corrected chi connectivity index (χ3v) is 5.53. The number of hydrogen-bond donors (Lipinski definition) is 0. The van der Waals surface area contributed by atoms with Gasteiger partial charge < -0.3 is 9.47 Å². The summed E-state index contributed by atoms with van der Waals surface area (Å²) < 4.78 is 35.8. The molecule has 2 aromatic rings. The van der Waals surface area contributed by atoms with Gasteiger partial charge in [0.1, 0.15) is 23.9 Å². The highest BCUT2D eigenvalue weighted by atomic mass is 35.5. The lowest BCUT2D eigenvalue weighted by Crippen LogP contribution is -2.26. The minimum absolute atomic E-state index is 0.0103. The molecular formula is C17H18ClNO6S. The predicted octanol–water partition coefficient (Wildman–Crippen LogP) is 2.76. The summed E-state index contributed by atoms with van der Waals surface area (Å²) in [5.41, 5.74) is 0.0530. The summed E-state index contributed by atoms with van der Waals surface area (Å²) in [5.74, 6) is -0.0270. The molecule has 0 spiro atoms. The molecule has 2 rings (SSSR count). The molecule has 0 amide bonds. The monoisotopic (exact) mass is 399 g/mol. The number of hydrogen-bond acceptors (Lipinski definition) is 6. The van der Waals surface area contributed by atoms with Crippen LogP contribution in [0.5, 0.6) is 5.75 Å². The van der Waals surface area contributed by atoms with Crippen molar-refractivity contribution < 1.29 is 27.5 Å². The van der Waals surface area contributed by atoms with Gasteiger partial charge in [0.15, 0.2) is 0 Å². The van der Waals surface area contributed by atoms with Gasteiger partial charge in [0.2, 0.25) is 0 Å². The van der Waals surface area contributed by atoms with Gasteiger partial charge in [-0.1, -0.05) is 34.3 Å². The normalized spacial score (nSPS) is 11.4.